The van der Waals surface area contributed by atoms with E-state index in [1.807, 2.05) is 19.1 Å². The van der Waals surface area contributed by atoms with Crippen LogP contribution in [0.15, 0.2) is 43.0 Å². The topological polar surface area (TPSA) is 84.9 Å². The molecule has 1 aromatic rings. The third-order valence-corrected chi connectivity index (χ3v) is 15.0. The molecule has 5 aliphatic rings. The molecule has 0 aromatic heterocycles. The first-order valence-corrected chi connectivity index (χ1v) is 20.3. The number of nitrogens with zero attached hydrogens (tertiary/aromatic N) is 1. The van der Waals surface area contributed by atoms with Gasteiger partial charge in [-0.2, -0.15) is 0 Å². The number of rotatable bonds is 10. The molecule has 0 radical (unpaired) electrons. The predicted molar refractivity (Wildman–Crippen MR) is 209 cm³/mol. The first-order chi connectivity index (χ1) is 24.8. The van der Waals surface area contributed by atoms with Crippen molar-refractivity contribution in [3.8, 4) is 0 Å². The molecule has 4 saturated carbocycles. The Balaban J connectivity index is 0.00000168. The van der Waals surface area contributed by atoms with Gasteiger partial charge >= 0.3 is 11.9 Å². The number of ether oxygens (including phenoxy) is 2. The van der Waals surface area contributed by atoms with Crippen LogP contribution in [0.5, 0.6) is 0 Å². The highest BCUT2D eigenvalue weighted by atomic mass is 16.5. The molecule has 0 heterocycles. The minimum atomic E-state index is -0.289. The highest BCUT2D eigenvalue weighted by Gasteiger charge is 2.66. The van der Waals surface area contributed by atoms with Gasteiger partial charge in [0.15, 0.2) is 0 Å². The zero-order valence-corrected chi connectivity index (χ0v) is 33.7. The lowest BCUT2D eigenvalue weighted by Gasteiger charge is -2.68. The van der Waals surface area contributed by atoms with Crippen LogP contribution in [0, 0.1) is 51.2 Å². The third kappa shape index (κ3) is 7.17. The number of hydrogen-bond acceptors (Lipinski definition) is 6. The normalized spacial score (nSPS) is 34.2. The summed E-state index contributed by atoms with van der Waals surface area (Å²) in [5.74, 6) is 2.85. The summed E-state index contributed by atoms with van der Waals surface area (Å²) < 4.78 is 9.84. The average Bonchev–Trinajstić information content (AvgIpc) is 3.57. The second-order valence-corrected chi connectivity index (χ2v) is 17.8. The van der Waals surface area contributed by atoms with Gasteiger partial charge in [0.2, 0.25) is 5.91 Å². The second kappa shape index (κ2) is 16.2. The Kier molecular flexibility index (Phi) is 12.5. The van der Waals surface area contributed by atoms with E-state index in [9.17, 15) is 14.4 Å². The Morgan fingerprint density at radius 1 is 0.885 bits per heavy atom. The molecule has 7 nitrogen and oxygen atoms in total. The molecule has 1 aromatic carbocycles. The molecule has 8 unspecified atom stereocenters. The van der Waals surface area contributed by atoms with Crippen LogP contribution in [0.4, 0.5) is 0 Å². The van der Waals surface area contributed by atoms with Crippen LogP contribution in [-0.2, 0) is 19.1 Å². The summed E-state index contributed by atoms with van der Waals surface area (Å²) in [6, 6.07) is 8.03. The first kappa shape index (κ1) is 40.3. The summed E-state index contributed by atoms with van der Waals surface area (Å²) in [4.78, 5) is 40.2. The van der Waals surface area contributed by atoms with Gasteiger partial charge in [0.05, 0.1) is 31.7 Å². The highest BCUT2D eigenvalue weighted by Crippen LogP contribution is 2.73. The summed E-state index contributed by atoms with van der Waals surface area (Å²) in [6.45, 7) is 19.9. The summed E-state index contributed by atoms with van der Waals surface area (Å²) in [5.41, 5.74) is 3.60. The summed E-state index contributed by atoms with van der Waals surface area (Å²) >= 11 is 0. The standard InChI is InChI=1S/C42H62N2O5.C3H6/c1-8-25-44(27-36(45)48-6)26-24-43-38(47)42-20-9-10-33(42)30-15-16-35-40(4,32(30)18-23-42)22-19-34-39(2,3)31(17-21-41(34,35)5)28-11-13-29(14-12-28)37(46)49-7;1-3-2/h11-14,17,30,32-35H,8-10,15-16,18-27H2,1-7H3,(H,43,47);3H,1H2,2H3. The minimum Gasteiger partial charge on any atom is -0.468 e. The molecule has 8 atom stereocenters. The number of hydrogen-bond donors (Lipinski definition) is 1. The number of esters is 2. The van der Waals surface area contributed by atoms with Crippen molar-refractivity contribution in [2.24, 2.45) is 51.2 Å². The maximum Gasteiger partial charge on any atom is 0.337 e. The number of carbonyl (C=O) groups is 3. The Labute approximate surface area is 314 Å². The van der Waals surface area contributed by atoms with Crippen LogP contribution in [0.25, 0.3) is 5.57 Å². The van der Waals surface area contributed by atoms with Crippen molar-refractivity contribution in [2.45, 2.75) is 112 Å². The maximum absolute atomic E-state index is 14.1. The van der Waals surface area contributed by atoms with Gasteiger partial charge < -0.3 is 14.8 Å². The lowest BCUT2D eigenvalue weighted by molar-refractivity contribution is -0.181. The number of amides is 1. The largest absolute Gasteiger partial charge is 0.468 e. The fourth-order valence-electron chi connectivity index (χ4n) is 12.9. The molecule has 52 heavy (non-hydrogen) atoms. The van der Waals surface area contributed by atoms with E-state index in [0.717, 1.165) is 38.6 Å². The van der Waals surface area contributed by atoms with E-state index >= 15 is 0 Å². The molecule has 1 amide bonds. The summed E-state index contributed by atoms with van der Waals surface area (Å²) in [6.07, 6.45) is 17.0. The van der Waals surface area contributed by atoms with Crippen LogP contribution in [0.1, 0.15) is 128 Å². The fourth-order valence-corrected chi connectivity index (χ4v) is 12.9. The van der Waals surface area contributed by atoms with Crippen molar-refractivity contribution in [1.82, 2.24) is 10.2 Å². The molecule has 1 N–H and O–H groups in total. The van der Waals surface area contributed by atoms with E-state index in [2.05, 4.69) is 69.6 Å². The van der Waals surface area contributed by atoms with Crippen molar-refractivity contribution < 1.29 is 23.9 Å². The molecule has 0 bridgehead atoms. The smallest absolute Gasteiger partial charge is 0.337 e. The minimum absolute atomic E-state index is 0.0345. The number of fused-ring (bicyclic) bond motifs is 7. The lowest BCUT2D eigenvalue weighted by atomic mass is 9.36. The molecular weight excluding hydrogens is 649 g/mol. The van der Waals surface area contributed by atoms with E-state index < -0.39 is 0 Å². The first-order valence-electron chi connectivity index (χ1n) is 20.3. The Hall–Kier alpha value is -2.93. The van der Waals surface area contributed by atoms with Crippen LogP contribution in [0.2, 0.25) is 0 Å². The molecule has 0 spiro atoms. The number of allylic oxidation sites excluding steroid dienone is 3. The number of methoxy groups -OCH3 is 2. The van der Waals surface area contributed by atoms with Gasteiger partial charge in [0.25, 0.3) is 0 Å². The van der Waals surface area contributed by atoms with Crippen molar-refractivity contribution in [3.63, 3.8) is 0 Å². The van der Waals surface area contributed by atoms with Crippen molar-refractivity contribution in [3.05, 3.63) is 54.1 Å². The average molecular weight is 717 g/mol. The van der Waals surface area contributed by atoms with E-state index in [0.29, 0.717) is 53.7 Å². The SMILES string of the molecule is C=CC.CCCN(CCNC(=O)C12CCCC1C1CCC3C(C)(CCC4C(C)(C)C(c5ccc(C(=O)OC)cc5)=CCC43C)C1CC2)CC(=O)OC. The van der Waals surface area contributed by atoms with E-state index in [4.69, 9.17) is 9.47 Å². The van der Waals surface area contributed by atoms with Gasteiger partial charge in [-0.3, -0.25) is 14.5 Å². The van der Waals surface area contributed by atoms with Gasteiger partial charge in [-0.1, -0.05) is 65.3 Å². The van der Waals surface area contributed by atoms with Gasteiger partial charge in [-0.25, -0.2) is 4.79 Å². The van der Waals surface area contributed by atoms with E-state index in [1.54, 1.807) is 6.08 Å². The molecule has 288 valence electrons. The molecule has 5 aliphatic carbocycles. The van der Waals surface area contributed by atoms with Gasteiger partial charge in [0, 0.05) is 13.1 Å². The van der Waals surface area contributed by atoms with Crippen LogP contribution in [0.3, 0.4) is 0 Å². The number of benzene rings is 1. The molecule has 0 aliphatic heterocycles. The van der Waals surface area contributed by atoms with Gasteiger partial charge in [-0.05, 0) is 147 Å². The second-order valence-electron chi connectivity index (χ2n) is 17.8. The summed E-state index contributed by atoms with van der Waals surface area (Å²) in [5, 5.41) is 3.38. The molecular formula is C45H68N2O5. The van der Waals surface area contributed by atoms with Crippen molar-refractivity contribution in [2.75, 3.05) is 40.4 Å². The van der Waals surface area contributed by atoms with Crippen LogP contribution in [-0.4, -0.2) is 63.1 Å². The van der Waals surface area contributed by atoms with E-state index in [1.165, 1.54) is 63.9 Å². The monoisotopic (exact) mass is 717 g/mol. The van der Waals surface area contributed by atoms with Crippen LogP contribution >= 0.6 is 0 Å². The van der Waals surface area contributed by atoms with Gasteiger partial charge in [-0.15, -0.1) is 6.58 Å². The molecule has 4 fully saturated rings. The number of nitrogens with one attached hydrogen (secondary N) is 1. The Morgan fingerprint density at radius 3 is 2.25 bits per heavy atom. The van der Waals surface area contributed by atoms with Gasteiger partial charge in [0.1, 0.15) is 0 Å². The predicted octanol–water partition coefficient (Wildman–Crippen LogP) is 9.13. The number of carbonyl (C=O) groups excluding carboxylic acids is 3. The van der Waals surface area contributed by atoms with Crippen LogP contribution < -0.4 is 5.32 Å². The zero-order valence-electron chi connectivity index (χ0n) is 33.7. The zero-order chi connectivity index (χ0) is 37.9. The Morgan fingerprint density at radius 2 is 1.60 bits per heavy atom. The molecule has 0 saturated heterocycles. The summed E-state index contributed by atoms with van der Waals surface area (Å²) in [7, 11) is 2.87. The third-order valence-electron chi connectivity index (χ3n) is 15.0. The highest BCUT2D eigenvalue weighted by molar-refractivity contribution is 5.90. The lowest BCUT2D eigenvalue weighted by Crippen LogP contribution is -2.62. The van der Waals surface area contributed by atoms with E-state index in [-0.39, 0.29) is 40.6 Å². The maximum atomic E-state index is 14.1. The Bertz CT molecular complexity index is 1480. The fraction of sp³-hybridized carbons (Fsp3) is 0.711. The quantitative estimate of drug-likeness (QED) is 0.192. The molecule has 7 heteroatoms. The molecule has 6 rings (SSSR count). The van der Waals surface area contributed by atoms with Crippen molar-refractivity contribution in [1.29, 1.82) is 0 Å². The van der Waals surface area contributed by atoms with Crippen molar-refractivity contribution >= 4 is 23.4 Å².